The largest absolute Gasteiger partial charge is 0.495 e. The number of rotatable bonds is 7. The molecule has 0 spiro atoms. The van der Waals surface area contributed by atoms with Crippen LogP contribution >= 0.6 is 0 Å². The molecule has 1 N–H and O–H groups in total. The molecule has 3 fully saturated rings. The molecule has 2 atom stereocenters. The first-order valence-corrected chi connectivity index (χ1v) is 13.0. The van der Waals surface area contributed by atoms with Crippen LogP contribution < -0.4 is 10.1 Å². The molecule has 2 saturated carbocycles. The molecule has 1 aromatic rings. The van der Waals surface area contributed by atoms with Gasteiger partial charge in [0, 0.05) is 24.9 Å². The Morgan fingerprint density at radius 3 is 2.47 bits per heavy atom. The van der Waals surface area contributed by atoms with E-state index in [9.17, 15) is 22.8 Å². The summed E-state index contributed by atoms with van der Waals surface area (Å²) in [5.74, 6) is -1.10. The quantitative estimate of drug-likeness (QED) is 0.566. The lowest BCUT2D eigenvalue weighted by Gasteiger charge is -2.36. The smallest absolute Gasteiger partial charge is 0.309 e. The van der Waals surface area contributed by atoms with Gasteiger partial charge in [-0.1, -0.05) is 6.42 Å². The van der Waals surface area contributed by atoms with Crippen LogP contribution in [0, 0.1) is 17.8 Å². The van der Waals surface area contributed by atoms with Gasteiger partial charge in [-0.2, -0.15) is 4.31 Å². The van der Waals surface area contributed by atoms with Crippen molar-refractivity contribution >= 4 is 33.4 Å². The Morgan fingerprint density at radius 1 is 1.15 bits per heavy atom. The van der Waals surface area contributed by atoms with Gasteiger partial charge in [-0.15, -0.1) is 0 Å². The molecular formula is C23H30N2O8S. The van der Waals surface area contributed by atoms with Gasteiger partial charge in [0.1, 0.15) is 11.5 Å². The Morgan fingerprint density at radius 2 is 1.82 bits per heavy atom. The number of ether oxygens (including phenoxy) is 3. The molecule has 1 saturated heterocycles. The van der Waals surface area contributed by atoms with E-state index in [2.05, 4.69) is 5.32 Å². The van der Waals surface area contributed by atoms with Crippen molar-refractivity contribution in [3.8, 4) is 5.75 Å². The maximum absolute atomic E-state index is 12.9. The summed E-state index contributed by atoms with van der Waals surface area (Å²) in [6.45, 7) is 0.630. The summed E-state index contributed by atoms with van der Waals surface area (Å²) in [4.78, 5) is 37.3. The molecule has 11 heteroatoms. The molecule has 2 aliphatic carbocycles. The second kappa shape index (κ2) is 10.4. The number of benzene rings is 1. The van der Waals surface area contributed by atoms with Crippen LogP contribution in [0.4, 0.5) is 5.69 Å². The minimum absolute atomic E-state index is 0.0147. The van der Waals surface area contributed by atoms with Gasteiger partial charge in [0.2, 0.25) is 10.0 Å². The number of sulfonamides is 1. The molecule has 0 radical (unpaired) electrons. The van der Waals surface area contributed by atoms with E-state index in [0.29, 0.717) is 26.1 Å². The predicted molar refractivity (Wildman–Crippen MR) is 121 cm³/mol. The molecule has 0 unspecified atom stereocenters. The van der Waals surface area contributed by atoms with E-state index in [1.54, 1.807) is 0 Å². The van der Waals surface area contributed by atoms with Gasteiger partial charge >= 0.3 is 5.97 Å². The van der Waals surface area contributed by atoms with Crippen molar-refractivity contribution < 1.29 is 37.0 Å². The zero-order chi connectivity index (χ0) is 24.3. The van der Waals surface area contributed by atoms with Crippen LogP contribution in [0.2, 0.25) is 0 Å². The minimum Gasteiger partial charge on any atom is -0.495 e. The zero-order valence-corrected chi connectivity index (χ0v) is 20.0. The Labute approximate surface area is 199 Å². The van der Waals surface area contributed by atoms with Crippen LogP contribution in [-0.4, -0.2) is 70.4 Å². The molecule has 10 nitrogen and oxygen atoms in total. The van der Waals surface area contributed by atoms with Crippen molar-refractivity contribution in [2.24, 2.45) is 17.8 Å². The van der Waals surface area contributed by atoms with E-state index in [4.69, 9.17) is 14.2 Å². The van der Waals surface area contributed by atoms with Crippen LogP contribution in [-0.2, 0) is 33.9 Å². The summed E-state index contributed by atoms with van der Waals surface area (Å²) in [5, 5.41) is 2.58. The van der Waals surface area contributed by atoms with Crippen LogP contribution in [0.1, 0.15) is 32.1 Å². The standard InChI is InChI=1S/C23H30N2O8S/c1-31-20-6-5-18(34(29,30)25-7-9-32-10-8-25)13-19(20)24-21(26)14-33-23(28)17-11-15-3-2-4-16(12-17)22(15)27/h5-6,13,15-17H,2-4,7-12,14H2,1H3,(H,24,26)/t15-,16-/m1/s1. The molecule has 0 aromatic heterocycles. The first kappa shape index (κ1) is 24.6. The summed E-state index contributed by atoms with van der Waals surface area (Å²) in [5.41, 5.74) is 0.163. The van der Waals surface area contributed by atoms with Gasteiger partial charge in [-0.25, -0.2) is 8.42 Å². The fraction of sp³-hybridized carbons (Fsp3) is 0.609. The summed E-state index contributed by atoms with van der Waals surface area (Å²) in [7, 11) is -2.36. The van der Waals surface area contributed by atoms with Gasteiger partial charge < -0.3 is 19.5 Å². The van der Waals surface area contributed by atoms with Gasteiger partial charge in [-0.3, -0.25) is 14.4 Å². The third-order valence-corrected chi connectivity index (χ3v) is 8.67. The molecule has 4 rings (SSSR count). The Bertz CT molecular complexity index is 1040. The highest BCUT2D eigenvalue weighted by molar-refractivity contribution is 7.89. The average Bonchev–Trinajstić information content (AvgIpc) is 2.83. The molecule has 34 heavy (non-hydrogen) atoms. The predicted octanol–water partition coefficient (Wildman–Crippen LogP) is 1.59. The topological polar surface area (TPSA) is 128 Å². The highest BCUT2D eigenvalue weighted by Gasteiger charge is 2.42. The highest BCUT2D eigenvalue weighted by atomic mass is 32.2. The number of esters is 1. The van der Waals surface area contributed by atoms with Gasteiger partial charge in [0.05, 0.1) is 36.8 Å². The number of carbonyl (C=O) groups excluding carboxylic acids is 3. The van der Waals surface area contributed by atoms with E-state index in [-0.39, 0.29) is 53.0 Å². The van der Waals surface area contributed by atoms with E-state index in [0.717, 1.165) is 19.3 Å². The number of anilines is 1. The Hall–Kier alpha value is -2.50. The summed E-state index contributed by atoms with van der Waals surface area (Å²) < 4.78 is 42.9. The molecule has 3 aliphatic rings. The summed E-state index contributed by atoms with van der Waals surface area (Å²) in [6, 6.07) is 4.21. The number of fused-ring (bicyclic) bond motifs is 2. The number of hydrogen-bond acceptors (Lipinski definition) is 8. The molecular weight excluding hydrogens is 464 g/mol. The van der Waals surface area contributed by atoms with Gasteiger partial charge in [-0.05, 0) is 43.9 Å². The van der Waals surface area contributed by atoms with E-state index < -0.39 is 28.5 Å². The lowest BCUT2D eigenvalue weighted by Crippen LogP contribution is -2.40. The third-order valence-electron chi connectivity index (χ3n) is 6.78. The number of nitrogens with one attached hydrogen (secondary N) is 1. The number of carbonyl (C=O) groups is 3. The fourth-order valence-electron chi connectivity index (χ4n) is 4.99. The molecule has 1 aromatic carbocycles. The number of morpholine rings is 1. The normalized spacial score (nSPS) is 25.4. The van der Waals surface area contributed by atoms with Crippen LogP contribution in [0.5, 0.6) is 5.75 Å². The van der Waals surface area contributed by atoms with Gasteiger partial charge in [0.15, 0.2) is 6.61 Å². The van der Waals surface area contributed by atoms with E-state index in [1.807, 2.05) is 0 Å². The summed E-state index contributed by atoms with van der Waals surface area (Å²) in [6.07, 6.45) is 3.58. The number of Topliss-reactive ketones (excluding diaryl/α,β-unsaturated/α-hetero) is 1. The fourth-order valence-corrected chi connectivity index (χ4v) is 6.43. The second-order valence-corrected chi connectivity index (χ2v) is 10.9. The molecule has 2 bridgehead atoms. The van der Waals surface area contributed by atoms with Crippen molar-refractivity contribution in [2.45, 2.75) is 37.0 Å². The summed E-state index contributed by atoms with van der Waals surface area (Å²) >= 11 is 0. The van der Waals surface area contributed by atoms with E-state index in [1.165, 1.54) is 29.6 Å². The molecule has 1 heterocycles. The highest BCUT2D eigenvalue weighted by Crippen LogP contribution is 2.40. The zero-order valence-electron chi connectivity index (χ0n) is 19.2. The van der Waals surface area contributed by atoms with Crippen molar-refractivity contribution in [1.29, 1.82) is 0 Å². The number of methoxy groups -OCH3 is 1. The maximum atomic E-state index is 12.9. The van der Waals surface area contributed by atoms with Crippen molar-refractivity contribution in [3.05, 3.63) is 18.2 Å². The van der Waals surface area contributed by atoms with Crippen molar-refractivity contribution in [1.82, 2.24) is 4.31 Å². The monoisotopic (exact) mass is 494 g/mol. The van der Waals surface area contributed by atoms with Crippen molar-refractivity contribution in [3.63, 3.8) is 0 Å². The first-order chi connectivity index (χ1) is 16.3. The maximum Gasteiger partial charge on any atom is 0.309 e. The number of amides is 1. The van der Waals surface area contributed by atoms with E-state index >= 15 is 0 Å². The molecule has 186 valence electrons. The lowest BCUT2D eigenvalue weighted by molar-refractivity contribution is -0.155. The van der Waals surface area contributed by atoms with Crippen LogP contribution in [0.25, 0.3) is 0 Å². The third kappa shape index (κ3) is 5.26. The van der Waals surface area contributed by atoms with Crippen molar-refractivity contribution in [2.75, 3.05) is 45.3 Å². The number of nitrogens with zero attached hydrogens (tertiary/aromatic N) is 1. The average molecular weight is 495 g/mol. The van der Waals surface area contributed by atoms with Crippen LogP contribution in [0.3, 0.4) is 0 Å². The Balaban J connectivity index is 1.38. The first-order valence-electron chi connectivity index (χ1n) is 11.6. The molecule has 1 amide bonds. The lowest BCUT2D eigenvalue weighted by atomic mass is 9.67. The second-order valence-electron chi connectivity index (χ2n) is 8.93. The van der Waals surface area contributed by atoms with Crippen LogP contribution in [0.15, 0.2) is 23.1 Å². The molecule has 1 aliphatic heterocycles. The van der Waals surface area contributed by atoms with Gasteiger partial charge in [0.25, 0.3) is 5.91 Å². The SMILES string of the molecule is COc1ccc(S(=O)(=O)N2CCOCC2)cc1NC(=O)COC(=O)C1C[C@H]2CCC[C@H](C1)C2=O. The number of hydrogen-bond donors (Lipinski definition) is 1. The minimum atomic E-state index is -3.76. The number of ketones is 1. The Kier molecular flexibility index (Phi) is 7.54.